The van der Waals surface area contributed by atoms with Crippen LogP contribution in [0.2, 0.25) is 0 Å². The van der Waals surface area contributed by atoms with Crippen molar-refractivity contribution in [2.45, 2.75) is 12.8 Å². The second kappa shape index (κ2) is 4.93. The molecule has 0 unspecified atom stereocenters. The average molecular weight is 135 g/mol. The second-order valence-corrected chi connectivity index (χ2v) is 2.11. The molecule has 0 atom stereocenters. The van der Waals surface area contributed by atoms with Crippen LogP contribution >= 0.6 is 11.9 Å². The molecule has 8 heavy (non-hydrogen) atoms. The van der Waals surface area contributed by atoms with E-state index in [2.05, 4.69) is 0 Å². The Hall–Kier alpha value is -0.220. The molecule has 0 fully saturated rings. The van der Waals surface area contributed by atoms with E-state index < -0.39 is 5.97 Å². The van der Waals surface area contributed by atoms with Gasteiger partial charge >= 0.3 is 5.97 Å². The van der Waals surface area contributed by atoms with Gasteiger partial charge in [-0.05, 0) is 6.42 Å². The minimum Gasteiger partial charge on any atom is -0.481 e. The van der Waals surface area contributed by atoms with E-state index in [-0.39, 0.29) is 6.42 Å². The van der Waals surface area contributed by atoms with Crippen LogP contribution in [0.3, 0.4) is 0 Å². The minimum absolute atomic E-state index is 0.226. The van der Waals surface area contributed by atoms with Crippen molar-refractivity contribution in [3.63, 3.8) is 0 Å². The van der Waals surface area contributed by atoms with E-state index in [1.807, 2.05) is 0 Å². The number of carboxylic acids is 1. The first-order chi connectivity index (χ1) is 3.77. The van der Waals surface area contributed by atoms with Gasteiger partial charge in [-0.25, -0.2) is 0 Å². The third-order valence-corrected chi connectivity index (χ3v) is 1.18. The first-order valence-corrected chi connectivity index (χ1v) is 3.35. The molecule has 0 saturated heterocycles. The predicted molar refractivity (Wildman–Crippen MR) is 33.5 cm³/mol. The Morgan fingerprint density at radius 3 is 2.75 bits per heavy atom. The number of hydrogen-bond acceptors (Lipinski definition) is 3. The molecule has 48 valence electrons. The fourth-order valence-electron chi connectivity index (χ4n) is 0.307. The number of nitrogens with two attached hydrogens (primary N) is 1. The molecule has 0 aliphatic rings. The summed E-state index contributed by atoms with van der Waals surface area (Å²) in [6, 6.07) is 0. The Morgan fingerprint density at radius 2 is 2.38 bits per heavy atom. The Kier molecular flexibility index (Phi) is 4.79. The molecule has 0 amide bonds. The maximum Gasteiger partial charge on any atom is 0.303 e. The van der Waals surface area contributed by atoms with Crippen LogP contribution in [0.15, 0.2) is 0 Å². The lowest BCUT2D eigenvalue weighted by atomic mass is 10.3. The number of rotatable bonds is 4. The van der Waals surface area contributed by atoms with Crippen LogP contribution in [0.1, 0.15) is 12.8 Å². The average Bonchev–Trinajstić information content (AvgIpc) is 1.66. The highest BCUT2D eigenvalue weighted by Gasteiger charge is 1.93. The van der Waals surface area contributed by atoms with Gasteiger partial charge in [0.15, 0.2) is 0 Å². The summed E-state index contributed by atoms with van der Waals surface area (Å²) in [5.74, 6) is -0.0224. The summed E-state index contributed by atoms with van der Waals surface area (Å²) in [4.78, 5) is 9.82. The Bertz CT molecular complexity index is 76.4. The van der Waals surface area contributed by atoms with Crippen molar-refractivity contribution >= 4 is 17.9 Å². The van der Waals surface area contributed by atoms with Crippen molar-refractivity contribution in [2.24, 2.45) is 5.14 Å². The highest BCUT2D eigenvalue weighted by molar-refractivity contribution is 7.97. The number of hydrogen-bond donors (Lipinski definition) is 2. The van der Waals surface area contributed by atoms with Gasteiger partial charge in [0.05, 0.1) is 0 Å². The van der Waals surface area contributed by atoms with Crippen LogP contribution in [0.25, 0.3) is 0 Å². The van der Waals surface area contributed by atoms with E-state index in [0.717, 1.165) is 5.75 Å². The second-order valence-electron chi connectivity index (χ2n) is 1.37. The Labute approximate surface area is 52.4 Å². The normalized spacial score (nSPS) is 9.12. The molecule has 0 bridgehead atoms. The van der Waals surface area contributed by atoms with Crippen molar-refractivity contribution in [1.82, 2.24) is 0 Å². The fourth-order valence-corrected chi connectivity index (χ4v) is 0.618. The predicted octanol–water partition coefficient (Wildman–Crippen LogP) is 0.458. The number of carbonyl (C=O) groups is 1. The molecule has 0 radical (unpaired) electrons. The molecule has 3 N–H and O–H groups in total. The third kappa shape index (κ3) is 5.78. The summed E-state index contributed by atoms with van der Waals surface area (Å²) in [6.45, 7) is 0. The van der Waals surface area contributed by atoms with E-state index in [1.54, 1.807) is 0 Å². The van der Waals surface area contributed by atoms with Crippen LogP contribution in [-0.2, 0) is 4.79 Å². The van der Waals surface area contributed by atoms with E-state index >= 15 is 0 Å². The van der Waals surface area contributed by atoms with Gasteiger partial charge in [-0.2, -0.15) is 0 Å². The molecular formula is C4H9NO2S. The van der Waals surface area contributed by atoms with Gasteiger partial charge in [-0.3, -0.25) is 9.93 Å². The SMILES string of the molecule is NSCCCC(=O)O. The van der Waals surface area contributed by atoms with E-state index in [1.165, 1.54) is 11.9 Å². The molecule has 0 heterocycles. The summed E-state index contributed by atoms with van der Waals surface area (Å²) in [5.41, 5.74) is 0. The molecule has 0 aliphatic heterocycles. The highest BCUT2D eigenvalue weighted by atomic mass is 32.2. The van der Waals surface area contributed by atoms with Gasteiger partial charge in [0, 0.05) is 12.2 Å². The van der Waals surface area contributed by atoms with E-state index in [0.29, 0.717) is 6.42 Å². The standard InChI is InChI=1S/C4H9NO2S/c5-8-3-1-2-4(6)7/h1-3,5H2,(H,6,7). The van der Waals surface area contributed by atoms with Gasteiger partial charge in [-0.1, -0.05) is 11.9 Å². The van der Waals surface area contributed by atoms with E-state index in [4.69, 9.17) is 10.2 Å². The van der Waals surface area contributed by atoms with E-state index in [9.17, 15) is 4.79 Å². The first-order valence-electron chi connectivity index (χ1n) is 2.31. The van der Waals surface area contributed by atoms with Crippen molar-refractivity contribution in [2.75, 3.05) is 5.75 Å². The number of aliphatic carboxylic acids is 1. The maximum atomic E-state index is 9.82. The van der Waals surface area contributed by atoms with Gasteiger partial charge in [0.2, 0.25) is 0 Å². The summed E-state index contributed by atoms with van der Waals surface area (Å²) in [5, 5.41) is 13.1. The number of carboxylic acid groups (broad SMARTS) is 1. The minimum atomic E-state index is -0.751. The van der Waals surface area contributed by atoms with Crippen LogP contribution in [0.5, 0.6) is 0 Å². The lowest BCUT2D eigenvalue weighted by molar-refractivity contribution is -0.137. The third-order valence-electron chi connectivity index (χ3n) is 0.653. The van der Waals surface area contributed by atoms with Gasteiger partial charge in [-0.15, -0.1) is 0 Å². The highest BCUT2D eigenvalue weighted by Crippen LogP contribution is 1.94. The largest absolute Gasteiger partial charge is 0.481 e. The molecule has 0 aromatic rings. The Balaban J connectivity index is 2.82. The van der Waals surface area contributed by atoms with Crippen LogP contribution in [-0.4, -0.2) is 16.8 Å². The maximum absolute atomic E-state index is 9.82. The van der Waals surface area contributed by atoms with Crippen LogP contribution in [0.4, 0.5) is 0 Å². The smallest absolute Gasteiger partial charge is 0.303 e. The van der Waals surface area contributed by atoms with Gasteiger partial charge in [0.1, 0.15) is 0 Å². The van der Waals surface area contributed by atoms with Crippen LogP contribution < -0.4 is 5.14 Å². The molecule has 0 aromatic carbocycles. The molecule has 0 spiro atoms. The molecule has 0 rings (SSSR count). The lowest BCUT2D eigenvalue weighted by Gasteiger charge is -1.89. The quantitative estimate of drug-likeness (QED) is 0.434. The van der Waals surface area contributed by atoms with Crippen molar-refractivity contribution in [3.05, 3.63) is 0 Å². The van der Waals surface area contributed by atoms with Crippen LogP contribution in [0, 0.1) is 0 Å². The lowest BCUT2D eigenvalue weighted by Crippen LogP contribution is -1.95. The molecule has 0 aliphatic carbocycles. The molecule has 0 saturated carbocycles. The molecule has 0 aromatic heterocycles. The Morgan fingerprint density at radius 1 is 1.75 bits per heavy atom. The summed E-state index contributed by atoms with van der Waals surface area (Å²) in [6.07, 6.45) is 0.890. The molecule has 4 heteroatoms. The summed E-state index contributed by atoms with van der Waals surface area (Å²) < 4.78 is 0. The molecule has 3 nitrogen and oxygen atoms in total. The van der Waals surface area contributed by atoms with Crippen molar-refractivity contribution in [3.8, 4) is 0 Å². The van der Waals surface area contributed by atoms with Crippen molar-refractivity contribution < 1.29 is 9.90 Å². The van der Waals surface area contributed by atoms with Gasteiger partial charge in [0.25, 0.3) is 0 Å². The first kappa shape index (κ1) is 7.78. The monoisotopic (exact) mass is 135 g/mol. The van der Waals surface area contributed by atoms with Gasteiger partial charge < -0.3 is 5.11 Å². The summed E-state index contributed by atoms with van der Waals surface area (Å²) in [7, 11) is 0. The molecular weight excluding hydrogens is 126 g/mol. The fraction of sp³-hybridized carbons (Fsp3) is 0.750. The topological polar surface area (TPSA) is 63.3 Å². The zero-order chi connectivity index (χ0) is 6.41. The van der Waals surface area contributed by atoms with Crippen molar-refractivity contribution in [1.29, 1.82) is 0 Å². The zero-order valence-electron chi connectivity index (χ0n) is 4.46. The summed E-state index contributed by atoms with van der Waals surface area (Å²) >= 11 is 1.18. The zero-order valence-corrected chi connectivity index (χ0v) is 5.28.